The van der Waals surface area contributed by atoms with E-state index in [1.807, 2.05) is 0 Å². The molecule has 0 fully saturated rings. The summed E-state index contributed by atoms with van der Waals surface area (Å²) in [6.45, 7) is 9.52. The van der Waals surface area contributed by atoms with Crippen LogP contribution in [-0.4, -0.2) is 4.57 Å². The van der Waals surface area contributed by atoms with Crippen LogP contribution in [0.5, 0.6) is 0 Å². The highest BCUT2D eigenvalue weighted by atomic mass is 15.1. The molecule has 0 unspecified atom stereocenters. The highest BCUT2D eigenvalue weighted by molar-refractivity contribution is 6.09. The Balaban J connectivity index is 1.00. The third kappa shape index (κ3) is 5.90. The highest BCUT2D eigenvalue weighted by Crippen LogP contribution is 2.56. The predicted molar refractivity (Wildman–Crippen MR) is 287 cm³/mol. The van der Waals surface area contributed by atoms with Crippen molar-refractivity contribution in [2.45, 2.75) is 38.5 Å². The van der Waals surface area contributed by atoms with Crippen molar-refractivity contribution in [2.75, 3.05) is 4.90 Å². The van der Waals surface area contributed by atoms with Crippen LogP contribution in [0.15, 0.2) is 231 Å². The van der Waals surface area contributed by atoms with Crippen molar-refractivity contribution in [3.8, 4) is 61.3 Å². The molecule has 1 heterocycles. The molecule has 0 bridgehead atoms. The largest absolute Gasteiger partial charge is 0.309 e. The van der Waals surface area contributed by atoms with E-state index in [9.17, 15) is 0 Å². The molecule has 1 aromatic heterocycles. The lowest BCUT2D eigenvalue weighted by molar-refractivity contribution is 0.660. The molecule has 13 rings (SSSR count). The first-order valence-electron chi connectivity index (χ1n) is 23.9. The van der Waals surface area contributed by atoms with E-state index < -0.39 is 0 Å². The smallest absolute Gasteiger partial charge is 0.0541 e. The Kier molecular flexibility index (Phi) is 8.95. The van der Waals surface area contributed by atoms with Gasteiger partial charge in [0.2, 0.25) is 0 Å². The summed E-state index contributed by atoms with van der Waals surface area (Å²) in [5.74, 6) is 0. The standard InChI is InChI=1S/C66H50N2/c1-65(2)57-32-12-6-27-55(57)63-52(28-19-33-58(63)65)50-25-9-15-36-61(50)67(62-37-16-10-26-51(62)54-30-18-29-53-47-22-5-11-31-56(47)66(3,4)64(53)54)45-40-38-43(39-41-45)44-20-17-21-46(42-44)68-59-34-13-7-23-48(59)49-24-8-14-35-60(49)68/h5-42H,1-4H3. The first-order chi connectivity index (χ1) is 33.3. The van der Waals surface area contributed by atoms with Gasteiger partial charge in [0.1, 0.15) is 0 Å². The van der Waals surface area contributed by atoms with Crippen molar-refractivity contribution in [1.29, 1.82) is 0 Å². The van der Waals surface area contributed by atoms with Crippen LogP contribution >= 0.6 is 0 Å². The summed E-state index contributed by atoms with van der Waals surface area (Å²) in [5, 5.41) is 2.53. The average molecular weight is 871 g/mol. The minimum absolute atomic E-state index is 0.115. The summed E-state index contributed by atoms with van der Waals surface area (Å²) in [6, 6.07) is 85.5. The molecule has 0 saturated carbocycles. The normalized spacial score (nSPS) is 13.8. The van der Waals surface area contributed by atoms with E-state index in [0.717, 1.165) is 28.3 Å². The molecule has 0 atom stereocenters. The third-order valence-corrected chi connectivity index (χ3v) is 15.2. The van der Waals surface area contributed by atoms with E-state index in [4.69, 9.17) is 0 Å². The molecule has 68 heavy (non-hydrogen) atoms. The van der Waals surface area contributed by atoms with Crippen LogP contribution in [0, 0.1) is 0 Å². The van der Waals surface area contributed by atoms with Gasteiger partial charge in [-0.3, -0.25) is 0 Å². The number of fused-ring (bicyclic) bond motifs is 9. The van der Waals surface area contributed by atoms with Crippen LogP contribution < -0.4 is 4.90 Å². The molecule has 0 spiro atoms. The number of rotatable bonds is 7. The molecule has 10 aromatic carbocycles. The van der Waals surface area contributed by atoms with Crippen LogP contribution in [0.3, 0.4) is 0 Å². The Morgan fingerprint density at radius 3 is 1.49 bits per heavy atom. The summed E-state index contributed by atoms with van der Waals surface area (Å²) in [5.41, 5.74) is 24.7. The monoisotopic (exact) mass is 870 g/mol. The Labute approximate surface area is 399 Å². The van der Waals surface area contributed by atoms with Gasteiger partial charge in [0.05, 0.1) is 22.4 Å². The maximum atomic E-state index is 2.52. The number of aromatic nitrogens is 1. The Morgan fingerprint density at radius 1 is 0.338 bits per heavy atom. The molecule has 0 aliphatic heterocycles. The third-order valence-electron chi connectivity index (χ3n) is 15.2. The number of para-hydroxylation sites is 4. The van der Waals surface area contributed by atoms with Crippen LogP contribution in [0.2, 0.25) is 0 Å². The van der Waals surface area contributed by atoms with Crippen molar-refractivity contribution < 1.29 is 0 Å². The van der Waals surface area contributed by atoms with Crippen molar-refractivity contribution >= 4 is 38.9 Å². The molecule has 2 nitrogen and oxygen atoms in total. The van der Waals surface area contributed by atoms with E-state index in [0.29, 0.717) is 0 Å². The summed E-state index contributed by atoms with van der Waals surface area (Å²) in [6.07, 6.45) is 0. The minimum Gasteiger partial charge on any atom is -0.309 e. The lowest BCUT2D eigenvalue weighted by atomic mass is 9.78. The highest BCUT2D eigenvalue weighted by Gasteiger charge is 2.39. The maximum Gasteiger partial charge on any atom is 0.0541 e. The Morgan fingerprint density at radius 2 is 0.809 bits per heavy atom. The number of nitrogens with zero attached hydrogens (tertiary/aromatic N) is 2. The zero-order chi connectivity index (χ0) is 45.7. The topological polar surface area (TPSA) is 8.17 Å². The van der Waals surface area contributed by atoms with E-state index in [-0.39, 0.29) is 10.8 Å². The van der Waals surface area contributed by atoms with Gasteiger partial charge in [0.25, 0.3) is 0 Å². The molecular formula is C66H50N2. The molecule has 2 aliphatic rings. The lowest BCUT2D eigenvalue weighted by Gasteiger charge is -2.32. The fourth-order valence-corrected chi connectivity index (χ4v) is 12.1. The van der Waals surface area contributed by atoms with Crippen molar-refractivity contribution in [3.05, 3.63) is 253 Å². The van der Waals surface area contributed by atoms with Gasteiger partial charge in [-0.25, -0.2) is 0 Å². The lowest BCUT2D eigenvalue weighted by Crippen LogP contribution is -2.17. The summed E-state index contributed by atoms with van der Waals surface area (Å²) in [7, 11) is 0. The average Bonchev–Trinajstić information content (AvgIpc) is 3.94. The van der Waals surface area contributed by atoms with Gasteiger partial charge in [-0.2, -0.15) is 0 Å². The van der Waals surface area contributed by atoms with Gasteiger partial charge in [0.15, 0.2) is 0 Å². The van der Waals surface area contributed by atoms with Crippen LogP contribution in [0.4, 0.5) is 17.1 Å². The molecule has 0 saturated heterocycles. The zero-order valence-electron chi connectivity index (χ0n) is 38.8. The fraction of sp³-hybridized carbons (Fsp3) is 0.0909. The first kappa shape index (κ1) is 40.1. The Hall–Kier alpha value is -8.20. The van der Waals surface area contributed by atoms with Crippen molar-refractivity contribution in [3.63, 3.8) is 0 Å². The van der Waals surface area contributed by atoms with Crippen LogP contribution in [0.25, 0.3) is 83.1 Å². The molecule has 0 radical (unpaired) electrons. The van der Waals surface area contributed by atoms with Gasteiger partial charge in [0, 0.05) is 44.1 Å². The molecular weight excluding hydrogens is 821 g/mol. The second kappa shape index (κ2) is 15.2. The maximum absolute atomic E-state index is 2.52. The zero-order valence-corrected chi connectivity index (χ0v) is 38.8. The summed E-state index contributed by atoms with van der Waals surface area (Å²) < 4.78 is 2.40. The van der Waals surface area contributed by atoms with Crippen LogP contribution in [0.1, 0.15) is 49.9 Å². The van der Waals surface area contributed by atoms with E-state index in [2.05, 4.69) is 268 Å². The number of hydrogen-bond acceptors (Lipinski definition) is 1. The molecule has 2 heteroatoms. The number of anilines is 3. The SMILES string of the molecule is CC1(C)c2ccccc2-c2c(-c3ccccc3N(c3ccc(-c4cccc(-n5c6ccccc6c6ccccc65)c4)cc3)c3ccccc3-c3cccc4c3C(C)(C)c3ccccc3-4)cccc21. The molecule has 2 aliphatic carbocycles. The van der Waals surface area contributed by atoms with E-state index in [1.165, 1.54) is 94.1 Å². The second-order valence-electron chi connectivity index (χ2n) is 19.6. The summed E-state index contributed by atoms with van der Waals surface area (Å²) in [4.78, 5) is 2.52. The van der Waals surface area contributed by atoms with Crippen molar-refractivity contribution in [2.24, 2.45) is 0 Å². The van der Waals surface area contributed by atoms with Crippen LogP contribution in [-0.2, 0) is 10.8 Å². The predicted octanol–water partition coefficient (Wildman–Crippen LogP) is 17.9. The molecule has 0 amide bonds. The molecule has 11 aromatic rings. The Bertz CT molecular complexity index is 3750. The summed E-state index contributed by atoms with van der Waals surface area (Å²) >= 11 is 0. The van der Waals surface area contributed by atoms with Gasteiger partial charge in [-0.15, -0.1) is 0 Å². The van der Waals surface area contributed by atoms with Crippen molar-refractivity contribution in [1.82, 2.24) is 4.57 Å². The van der Waals surface area contributed by atoms with Gasteiger partial charge >= 0.3 is 0 Å². The van der Waals surface area contributed by atoms with Gasteiger partial charge in [-0.05, 0) is 115 Å². The fourth-order valence-electron chi connectivity index (χ4n) is 12.1. The van der Waals surface area contributed by atoms with Gasteiger partial charge < -0.3 is 9.47 Å². The number of benzene rings is 10. The van der Waals surface area contributed by atoms with E-state index in [1.54, 1.807) is 0 Å². The van der Waals surface area contributed by atoms with Gasteiger partial charge in [-0.1, -0.05) is 210 Å². The molecule has 0 N–H and O–H groups in total. The quantitative estimate of drug-likeness (QED) is 0.155. The molecule has 324 valence electrons. The number of hydrogen-bond donors (Lipinski definition) is 0. The van der Waals surface area contributed by atoms with E-state index >= 15 is 0 Å². The minimum atomic E-state index is -0.182. The second-order valence-corrected chi connectivity index (χ2v) is 19.6. The first-order valence-corrected chi connectivity index (χ1v) is 23.9.